The molecule has 0 saturated heterocycles. The maximum Gasteiger partial charge on any atom is 0.161 e. The van der Waals surface area contributed by atoms with Crippen LogP contribution in [0, 0.1) is 0 Å². The monoisotopic (exact) mass is 413 g/mol. The van der Waals surface area contributed by atoms with E-state index in [-0.39, 0.29) is 6.04 Å². The SMILES string of the molecule is CC[C@H]1c2nncn2-c2cnc(-c3ccc(-c4ccon4)cc3)nc2N1C1CCCC1. The van der Waals surface area contributed by atoms with Gasteiger partial charge in [0.1, 0.15) is 24.0 Å². The highest BCUT2D eigenvalue weighted by Gasteiger charge is 2.38. The van der Waals surface area contributed by atoms with E-state index in [9.17, 15) is 0 Å². The smallest absolute Gasteiger partial charge is 0.161 e. The van der Waals surface area contributed by atoms with Crippen LogP contribution in [-0.2, 0) is 0 Å². The largest absolute Gasteiger partial charge is 0.364 e. The summed E-state index contributed by atoms with van der Waals surface area (Å²) >= 11 is 0. The molecule has 1 atom stereocenters. The van der Waals surface area contributed by atoms with Gasteiger partial charge in [-0.05, 0) is 19.3 Å². The lowest BCUT2D eigenvalue weighted by atomic mass is 10.0. The zero-order valence-electron chi connectivity index (χ0n) is 17.3. The summed E-state index contributed by atoms with van der Waals surface area (Å²) in [5, 5.41) is 12.6. The summed E-state index contributed by atoms with van der Waals surface area (Å²) in [4.78, 5) is 12.3. The Morgan fingerprint density at radius 1 is 1.06 bits per heavy atom. The quantitative estimate of drug-likeness (QED) is 0.483. The molecule has 1 aromatic carbocycles. The van der Waals surface area contributed by atoms with Gasteiger partial charge >= 0.3 is 0 Å². The lowest BCUT2D eigenvalue weighted by molar-refractivity contribution is 0.422. The second kappa shape index (κ2) is 7.30. The maximum atomic E-state index is 5.08. The van der Waals surface area contributed by atoms with Crippen LogP contribution in [0.25, 0.3) is 28.3 Å². The van der Waals surface area contributed by atoms with Crippen LogP contribution >= 0.6 is 0 Å². The van der Waals surface area contributed by atoms with Gasteiger partial charge in [0.25, 0.3) is 0 Å². The topological polar surface area (TPSA) is 85.8 Å². The van der Waals surface area contributed by atoms with Gasteiger partial charge in [0.15, 0.2) is 17.5 Å². The van der Waals surface area contributed by atoms with Crippen LogP contribution in [0.4, 0.5) is 5.82 Å². The first-order valence-electron chi connectivity index (χ1n) is 10.9. The minimum Gasteiger partial charge on any atom is -0.364 e. The molecular formula is C23H23N7O. The Morgan fingerprint density at radius 2 is 1.87 bits per heavy atom. The van der Waals surface area contributed by atoms with Crippen molar-refractivity contribution >= 4 is 5.82 Å². The van der Waals surface area contributed by atoms with Crippen LogP contribution in [0.3, 0.4) is 0 Å². The van der Waals surface area contributed by atoms with Crippen LogP contribution in [0.15, 0.2) is 53.6 Å². The molecule has 0 N–H and O–H groups in total. The minimum atomic E-state index is 0.176. The first kappa shape index (κ1) is 18.2. The fourth-order valence-corrected chi connectivity index (χ4v) is 4.93. The first-order valence-corrected chi connectivity index (χ1v) is 10.9. The van der Waals surface area contributed by atoms with Crippen LogP contribution in [-0.4, -0.2) is 35.9 Å². The number of aromatic nitrogens is 6. The van der Waals surface area contributed by atoms with Gasteiger partial charge in [-0.1, -0.05) is 49.2 Å². The zero-order valence-corrected chi connectivity index (χ0v) is 17.3. The Labute approximate surface area is 180 Å². The van der Waals surface area contributed by atoms with Gasteiger partial charge in [-0.2, -0.15) is 0 Å². The van der Waals surface area contributed by atoms with Crippen molar-refractivity contribution in [2.24, 2.45) is 0 Å². The second-order valence-corrected chi connectivity index (χ2v) is 8.19. The molecule has 0 amide bonds. The summed E-state index contributed by atoms with van der Waals surface area (Å²) in [5.74, 6) is 2.69. The van der Waals surface area contributed by atoms with Gasteiger partial charge in [-0.3, -0.25) is 4.57 Å². The number of benzene rings is 1. The summed E-state index contributed by atoms with van der Waals surface area (Å²) in [6, 6.07) is 10.6. The fraction of sp³-hybridized carbons (Fsp3) is 0.348. The average molecular weight is 413 g/mol. The Hall–Kier alpha value is -3.55. The van der Waals surface area contributed by atoms with Crippen LogP contribution in [0.2, 0.25) is 0 Å². The molecule has 8 heteroatoms. The number of rotatable bonds is 4. The van der Waals surface area contributed by atoms with E-state index in [4.69, 9.17) is 14.5 Å². The molecule has 31 heavy (non-hydrogen) atoms. The Balaban J connectivity index is 1.44. The minimum absolute atomic E-state index is 0.176. The summed E-state index contributed by atoms with van der Waals surface area (Å²) in [6.45, 7) is 2.21. The molecule has 1 saturated carbocycles. The van der Waals surface area contributed by atoms with E-state index in [2.05, 4.69) is 27.2 Å². The van der Waals surface area contributed by atoms with E-state index in [0.29, 0.717) is 6.04 Å². The number of anilines is 1. The molecule has 8 nitrogen and oxygen atoms in total. The molecule has 0 bridgehead atoms. The van der Waals surface area contributed by atoms with Gasteiger partial charge in [0.2, 0.25) is 0 Å². The zero-order chi connectivity index (χ0) is 20.8. The van der Waals surface area contributed by atoms with E-state index < -0.39 is 0 Å². The van der Waals surface area contributed by atoms with Crippen LogP contribution < -0.4 is 4.90 Å². The van der Waals surface area contributed by atoms with Gasteiger partial charge in [-0.25, -0.2) is 9.97 Å². The number of hydrogen-bond donors (Lipinski definition) is 0. The van der Waals surface area contributed by atoms with Gasteiger partial charge in [0, 0.05) is 23.2 Å². The molecule has 3 aromatic heterocycles. The molecule has 6 rings (SSSR count). The molecule has 0 unspecified atom stereocenters. The normalized spacial score (nSPS) is 18.2. The molecule has 1 aliphatic heterocycles. The molecule has 156 valence electrons. The van der Waals surface area contributed by atoms with E-state index >= 15 is 0 Å². The Kier molecular flexibility index (Phi) is 4.29. The Bertz CT molecular complexity index is 1190. The predicted molar refractivity (Wildman–Crippen MR) is 116 cm³/mol. The van der Waals surface area contributed by atoms with Crippen LogP contribution in [0.1, 0.15) is 50.9 Å². The van der Waals surface area contributed by atoms with Gasteiger partial charge in [0.05, 0.1) is 12.2 Å². The van der Waals surface area contributed by atoms with E-state index in [1.54, 1.807) is 12.6 Å². The first-order chi connectivity index (χ1) is 15.3. The lowest BCUT2D eigenvalue weighted by Crippen LogP contribution is -2.42. The van der Waals surface area contributed by atoms with Crippen molar-refractivity contribution < 1.29 is 4.52 Å². The highest BCUT2D eigenvalue weighted by molar-refractivity contribution is 5.69. The summed E-state index contributed by atoms with van der Waals surface area (Å²) in [7, 11) is 0. The third kappa shape index (κ3) is 2.93. The predicted octanol–water partition coefficient (Wildman–Crippen LogP) is 4.59. The highest BCUT2D eigenvalue weighted by atomic mass is 16.5. The molecule has 4 heterocycles. The summed E-state index contributed by atoms with van der Waals surface area (Å²) in [5.41, 5.74) is 3.75. The molecule has 4 aromatic rings. The molecule has 0 radical (unpaired) electrons. The third-order valence-corrected chi connectivity index (χ3v) is 6.44. The van der Waals surface area contributed by atoms with Gasteiger partial charge in [-0.15, -0.1) is 10.2 Å². The molecular weight excluding hydrogens is 390 g/mol. The standard InChI is InChI=1S/C23H23N7O/c1-2-19-23-27-25-14-29(23)20-13-24-21(26-22(20)30(19)17-5-3-4-6-17)16-9-7-15(8-10-16)18-11-12-31-28-18/h7-14,17,19H,2-6H2,1H3/t19-/m0/s1. The summed E-state index contributed by atoms with van der Waals surface area (Å²) in [6.07, 6.45) is 11.1. The number of hydrogen-bond acceptors (Lipinski definition) is 7. The average Bonchev–Trinajstić information content (AvgIpc) is 3.60. The lowest BCUT2D eigenvalue weighted by Gasteiger charge is -2.40. The number of fused-ring (bicyclic) bond motifs is 3. The molecule has 1 aliphatic carbocycles. The van der Waals surface area contributed by atoms with E-state index in [0.717, 1.165) is 46.4 Å². The maximum absolute atomic E-state index is 5.08. The van der Waals surface area contributed by atoms with Crippen molar-refractivity contribution in [2.75, 3.05) is 4.90 Å². The van der Waals surface area contributed by atoms with Gasteiger partial charge < -0.3 is 9.42 Å². The van der Waals surface area contributed by atoms with Crippen molar-refractivity contribution in [1.29, 1.82) is 0 Å². The third-order valence-electron chi connectivity index (χ3n) is 6.44. The van der Waals surface area contributed by atoms with Crippen molar-refractivity contribution in [3.05, 3.63) is 54.9 Å². The highest BCUT2D eigenvalue weighted by Crippen LogP contribution is 2.42. The van der Waals surface area contributed by atoms with Crippen molar-refractivity contribution in [3.8, 4) is 28.3 Å². The number of nitrogens with zero attached hydrogens (tertiary/aromatic N) is 7. The molecule has 2 aliphatic rings. The van der Waals surface area contributed by atoms with E-state index in [1.807, 2.05) is 41.1 Å². The van der Waals surface area contributed by atoms with Crippen molar-refractivity contribution in [2.45, 2.75) is 51.1 Å². The second-order valence-electron chi connectivity index (χ2n) is 8.19. The van der Waals surface area contributed by atoms with E-state index in [1.165, 1.54) is 25.7 Å². The molecule has 1 fully saturated rings. The van der Waals surface area contributed by atoms with Crippen molar-refractivity contribution in [3.63, 3.8) is 0 Å². The van der Waals surface area contributed by atoms with Crippen molar-refractivity contribution in [1.82, 2.24) is 29.9 Å². The Morgan fingerprint density at radius 3 is 2.61 bits per heavy atom. The summed E-state index contributed by atoms with van der Waals surface area (Å²) < 4.78 is 7.00. The molecule has 0 spiro atoms. The van der Waals surface area contributed by atoms with Crippen LogP contribution in [0.5, 0.6) is 0 Å². The fourth-order valence-electron chi connectivity index (χ4n) is 4.93.